The van der Waals surface area contributed by atoms with Crippen LogP contribution in [0, 0.1) is 30.1 Å². The molecule has 1 amide bonds. The lowest BCUT2D eigenvalue weighted by Gasteiger charge is -2.52. The number of rotatable bonds is 5. The highest BCUT2D eigenvalue weighted by Crippen LogP contribution is 2.50. The highest BCUT2D eigenvalue weighted by atomic mass is 16.5. The Labute approximate surface area is 180 Å². The van der Waals surface area contributed by atoms with Gasteiger partial charge >= 0.3 is 5.97 Å². The number of benzene rings is 1. The van der Waals surface area contributed by atoms with E-state index in [0.717, 1.165) is 18.4 Å². The minimum atomic E-state index is -1.14. The number of nitrogens with zero attached hydrogens (tertiary/aromatic N) is 1. The number of aliphatic hydroxyl groups is 1. The van der Waals surface area contributed by atoms with Crippen LogP contribution in [-0.2, 0) is 9.53 Å². The molecule has 3 rings (SSSR count). The van der Waals surface area contributed by atoms with Gasteiger partial charge < -0.3 is 14.7 Å². The molecule has 2 aliphatic rings. The molecule has 0 spiro atoms. The van der Waals surface area contributed by atoms with E-state index in [0.29, 0.717) is 12.1 Å². The molecule has 5 heteroatoms. The van der Waals surface area contributed by atoms with Gasteiger partial charge in [0.25, 0.3) is 5.91 Å². The van der Waals surface area contributed by atoms with Crippen molar-refractivity contribution in [2.75, 3.05) is 13.6 Å². The molecule has 5 nitrogen and oxygen atoms in total. The van der Waals surface area contributed by atoms with Crippen molar-refractivity contribution in [2.45, 2.75) is 52.2 Å². The zero-order valence-corrected chi connectivity index (χ0v) is 18.6. The molecule has 0 heterocycles. The maximum Gasteiger partial charge on any atom is 0.303 e. The predicted molar refractivity (Wildman–Crippen MR) is 115 cm³/mol. The highest BCUT2D eigenvalue weighted by molar-refractivity contribution is 5.93. The maximum atomic E-state index is 12.8. The Kier molecular flexibility index (Phi) is 6.71. The summed E-state index contributed by atoms with van der Waals surface area (Å²) in [4.78, 5) is 26.0. The molecule has 0 bridgehead atoms. The van der Waals surface area contributed by atoms with E-state index in [2.05, 4.69) is 19.4 Å². The van der Waals surface area contributed by atoms with Crippen molar-refractivity contribution >= 4 is 11.9 Å². The summed E-state index contributed by atoms with van der Waals surface area (Å²) in [5.41, 5.74) is 0.443. The fraction of sp³-hybridized carbons (Fsp3) is 0.560. The van der Waals surface area contributed by atoms with Crippen molar-refractivity contribution < 1.29 is 19.4 Å². The van der Waals surface area contributed by atoms with Crippen molar-refractivity contribution in [1.82, 2.24) is 4.90 Å². The van der Waals surface area contributed by atoms with Gasteiger partial charge in [-0.05, 0) is 55.2 Å². The number of hydrogen-bond donors (Lipinski definition) is 1. The Bertz CT molecular complexity index is 805. The second-order valence-electron chi connectivity index (χ2n) is 9.07. The third-order valence-electron chi connectivity index (χ3n) is 6.82. The molecule has 30 heavy (non-hydrogen) atoms. The first-order valence-electron chi connectivity index (χ1n) is 10.8. The largest absolute Gasteiger partial charge is 0.457 e. The first-order valence-corrected chi connectivity index (χ1v) is 10.8. The summed E-state index contributed by atoms with van der Waals surface area (Å²) in [5, 5.41) is 11.6. The van der Waals surface area contributed by atoms with Crippen LogP contribution < -0.4 is 0 Å². The van der Waals surface area contributed by atoms with Gasteiger partial charge in [-0.1, -0.05) is 38.1 Å². The van der Waals surface area contributed by atoms with Crippen LogP contribution in [-0.4, -0.2) is 47.2 Å². The third-order valence-corrected chi connectivity index (χ3v) is 6.82. The fourth-order valence-corrected chi connectivity index (χ4v) is 5.06. The number of carbonyl (C=O) groups is 2. The summed E-state index contributed by atoms with van der Waals surface area (Å²) in [7, 11) is 1.83. The smallest absolute Gasteiger partial charge is 0.303 e. The quantitative estimate of drug-likeness (QED) is 0.592. The standard InChI is InChI=1S/C25H33NO4/c1-16-13-22-21(12-11-18(3)25(22,29)14-23(16)30-19(4)27)17(2)15-26(5)24(28)20-9-7-6-8-10-20/h6-10,13,17-18,21-23,29H,11-12,15H2,1-5H3/t17-,18-,21+,22-,23-,25-/m1/s1. The normalized spacial score (nSPS) is 31.9. The molecule has 2 aliphatic carbocycles. The van der Waals surface area contributed by atoms with E-state index >= 15 is 0 Å². The van der Waals surface area contributed by atoms with Crippen LogP contribution >= 0.6 is 0 Å². The maximum absolute atomic E-state index is 12.8. The summed E-state index contributed by atoms with van der Waals surface area (Å²) in [6, 6.07) is 9.30. The van der Waals surface area contributed by atoms with Crippen molar-refractivity contribution in [1.29, 1.82) is 0 Å². The van der Waals surface area contributed by atoms with Crippen LogP contribution in [0.15, 0.2) is 42.0 Å². The lowest BCUT2D eigenvalue weighted by Crippen LogP contribution is -2.56. The molecule has 0 aromatic heterocycles. The van der Waals surface area contributed by atoms with Crippen LogP contribution in [0.25, 0.3) is 0 Å². The van der Waals surface area contributed by atoms with Gasteiger partial charge in [0.2, 0.25) is 0 Å². The van der Waals surface area contributed by atoms with Crippen LogP contribution in [0.5, 0.6) is 0 Å². The van der Waals surface area contributed by atoms with E-state index in [1.54, 1.807) is 4.90 Å². The summed E-state index contributed by atoms with van der Waals surface area (Å²) in [6.45, 7) is 8.09. The third kappa shape index (κ3) is 4.46. The van der Waals surface area contributed by atoms with Crippen molar-refractivity contribution in [3.8, 4) is 0 Å². The van der Waals surface area contributed by atoms with Gasteiger partial charge in [-0.25, -0.2) is 0 Å². The lowest BCUT2D eigenvalue weighted by molar-refractivity contribution is -0.148. The minimum Gasteiger partial charge on any atom is -0.457 e. The first-order chi connectivity index (χ1) is 14.1. The van der Waals surface area contributed by atoms with E-state index < -0.39 is 11.7 Å². The molecule has 162 valence electrons. The average molecular weight is 412 g/mol. The van der Waals surface area contributed by atoms with E-state index in [9.17, 15) is 14.7 Å². The van der Waals surface area contributed by atoms with Gasteiger partial charge in [0.1, 0.15) is 6.10 Å². The van der Waals surface area contributed by atoms with Crippen molar-refractivity contribution in [2.24, 2.45) is 23.7 Å². The van der Waals surface area contributed by atoms with Crippen LogP contribution in [0.4, 0.5) is 0 Å². The van der Waals surface area contributed by atoms with E-state index in [1.165, 1.54) is 6.92 Å². The summed E-state index contributed by atoms with van der Waals surface area (Å²) in [6.07, 6.45) is 6.52. The Morgan fingerprint density at radius 3 is 2.60 bits per heavy atom. The summed E-state index contributed by atoms with van der Waals surface area (Å²) >= 11 is 0. The van der Waals surface area contributed by atoms with Crippen molar-refractivity contribution in [3.63, 3.8) is 0 Å². The molecule has 1 N–H and O–H groups in total. The van der Waals surface area contributed by atoms with Gasteiger partial charge in [-0.15, -0.1) is 0 Å². The highest BCUT2D eigenvalue weighted by Gasteiger charge is 2.53. The van der Waals surface area contributed by atoms with Gasteiger partial charge in [0, 0.05) is 32.0 Å². The van der Waals surface area contributed by atoms with Gasteiger partial charge in [-0.2, -0.15) is 0 Å². The van der Waals surface area contributed by atoms with E-state index in [1.807, 2.05) is 51.2 Å². The predicted octanol–water partition coefficient (Wildman–Crippen LogP) is 3.76. The molecule has 1 aromatic carbocycles. The zero-order valence-electron chi connectivity index (χ0n) is 18.6. The molecule has 1 fully saturated rings. The minimum absolute atomic E-state index is 0.00491. The van der Waals surface area contributed by atoms with Crippen molar-refractivity contribution in [3.05, 3.63) is 54.0 Å². The number of esters is 1. The van der Waals surface area contributed by atoms with Gasteiger partial charge in [0.05, 0.1) is 12.0 Å². The summed E-state index contributed by atoms with van der Waals surface area (Å²) in [5.74, 6) is -0.0527. The number of carbonyl (C=O) groups excluding carboxylic acids is 2. The second kappa shape index (κ2) is 8.93. The van der Waals surface area contributed by atoms with Crippen LogP contribution in [0.1, 0.15) is 50.9 Å². The lowest BCUT2D eigenvalue weighted by atomic mass is 9.57. The van der Waals surface area contributed by atoms with Gasteiger partial charge in [0.15, 0.2) is 0 Å². The molecule has 6 atom stereocenters. The SMILES string of the molecule is CC(=O)O[C@@H]1[C][C@@]2(O)[C@H](C)CC[C@@H]([C@H](C)CN(C)C(=O)c3ccccc3)[C@H]2C=C1C. The summed E-state index contributed by atoms with van der Waals surface area (Å²) < 4.78 is 5.38. The zero-order chi connectivity index (χ0) is 22.1. The molecule has 0 aliphatic heterocycles. The molecular formula is C25H33NO4. The van der Waals surface area contributed by atoms with E-state index in [-0.39, 0.29) is 35.5 Å². The van der Waals surface area contributed by atoms with E-state index in [4.69, 9.17) is 4.74 Å². The topological polar surface area (TPSA) is 66.8 Å². The average Bonchev–Trinajstić information content (AvgIpc) is 2.70. The Balaban J connectivity index is 1.77. The molecule has 0 saturated heterocycles. The number of hydrogen-bond acceptors (Lipinski definition) is 4. The van der Waals surface area contributed by atoms with Crippen LogP contribution in [0.3, 0.4) is 0 Å². The Morgan fingerprint density at radius 2 is 1.97 bits per heavy atom. The fourth-order valence-electron chi connectivity index (χ4n) is 5.06. The first kappa shape index (κ1) is 22.5. The molecule has 2 radical (unpaired) electrons. The van der Waals surface area contributed by atoms with Gasteiger partial charge in [-0.3, -0.25) is 9.59 Å². The van der Waals surface area contributed by atoms with Crippen LogP contribution in [0.2, 0.25) is 0 Å². The molecule has 1 saturated carbocycles. The second-order valence-corrected chi connectivity index (χ2v) is 9.07. The number of ether oxygens (including phenoxy) is 1. The Morgan fingerprint density at radius 1 is 1.30 bits per heavy atom. The molecule has 0 unspecified atom stereocenters. The molecule has 1 aromatic rings. The Hall–Kier alpha value is -2.14. The number of amides is 1. The number of fused-ring (bicyclic) bond motifs is 1. The molecular weight excluding hydrogens is 378 g/mol. The monoisotopic (exact) mass is 411 g/mol.